The van der Waals surface area contributed by atoms with Crippen LogP contribution in [0.3, 0.4) is 0 Å². The Balaban J connectivity index is 1.43. The third-order valence-electron chi connectivity index (χ3n) is 5.38. The molecule has 6 heteroatoms. The molecule has 2 aromatic rings. The van der Waals surface area contributed by atoms with Gasteiger partial charge in [0.15, 0.2) is 6.20 Å². The maximum absolute atomic E-state index is 10.7. The van der Waals surface area contributed by atoms with Crippen molar-refractivity contribution in [1.29, 1.82) is 0 Å². The summed E-state index contributed by atoms with van der Waals surface area (Å²) in [6.45, 7) is 3.88. The summed E-state index contributed by atoms with van der Waals surface area (Å²) in [5.74, 6) is -0.0961. The molecule has 1 aliphatic carbocycles. The van der Waals surface area contributed by atoms with E-state index in [0.29, 0.717) is 6.04 Å². The zero-order chi connectivity index (χ0) is 17.2. The van der Waals surface area contributed by atoms with Crippen LogP contribution in [0, 0.1) is 10.1 Å². The second-order valence-electron chi connectivity index (χ2n) is 6.76. The molecule has 1 aromatic carbocycles. The minimum Gasteiger partial charge on any atom is -0.366 e. The van der Waals surface area contributed by atoms with Crippen LogP contribution < -0.4 is 4.90 Å². The van der Waals surface area contributed by atoms with Crippen LogP contribution in [0.15, 0.2) is 42.6 Å². The molecule has 1 saturated heterocycles. The third-order valence-corrected chi connectivity index (χ3v) is 5.38. The number of fused-ring (bicyclic) bond motifs is 1. The van der Waals surface area contributed by atoms with E-state index in [9.17, 15) is 10.1 Å². The average molecular weight is 338 g/mol. The molecule has 2 heterocycles. The van der Waals surface area contributed by atoms with E-state index in [1.165, 1.54) is 36.5 Å². The van der Waals surface area contributed by atoms with Crippen molar-refractivity contribution in [2.24, 2.45) is 0 Å². The zero-order valence-electron chi connectivity index (χ0n) is 14.2. The normalized spacial score (nSPS) is 21.0. The molecule has 0 saturated carbocycles. The van der Waals surface area contributed by atoms with Gasteiger partial charge >= 0.3 is 5.82 Å². The Morgan fingerprint density at radius 3 is 2.60 bits per heavy atom. The van der Waals surface area contributed by atoms with Gasteiger partial charge in [-0.2, -0.15) is 0 Å². The quantitative estimate of drug-likeness (QED) is 0.635. The molecule has 2 aliphatic rings. The number of anilines is 1. The number of benzene rings is 1. The van der Waals surface area contributed by atoms with Crippen LogP contribution in [-0.4, -0.2) is 41.0 Å². The highest BCUT2D eigenvalue weighted by atomic mass is 16.6. The molecule has 1 aromatic heterocycles. The Morgan fingerprint density at radius 2 is 1.88 bits per heavy atom. The van der Waals surface area contributed by atoms with Crippen molar-refractivity contribution < 1.29 is 4.92 Å². The van der Waals surface area contributed by atoms with E-state index in [0.717, 1.165) is 31.9 Å². The summed E-state index contributed by atoms with van der Waals surface area (Å²) in [7, 11) is 0. The molecule has 0 radical (unpaired) electrons. The molecule has 0 spiro atoms. The van der Waals surface area contributed by atoms with Crippen molar-refractivity contribution in [3.05, 3.63) is 63.8 Å². The van der Waals surface area contributed by atoms with Gasteiger partial charge < -0.3 is 15.0 Å². The number of rotatable bonds is 3. The fraction of sp³-hybridized carbons (Fsp3) is 0.421. The van der Waals surface area contributed by atoms with Gasteiger partial charge in [-0.05, 0) is 46.4 Å². The van der Waals surface area contributed by atoms with Gasteiger partial charge in [-0.25, -0.2) is 0 Å². The number of nitro groups is 1. The number of hydrogen-bond donors (Lipinski definition) is 0. The van der Waals surface area contributed by atoms with E-state index in [-0.39, 0.29) is 5.82 Å². The Morgan fingerprint density at radius 1 is 1.08 bits per heavy atom. The van der Waals surface area contributed by atoms with Crippen molar-refractivity contribution in [3.63, 3.8) is 0 Å². The summed E-state index contributed by atoms with van der Waals surface area (Å²) in [5, 5.41) is 10.7. The highest BCUT2D eigenvalue weighted by Gasteiger charge is 2.28. The lowest BCUT2D eigenvalue weighted by molar-refractivity contribution is -0.389. The average Bonchev–Trinajstić information content (AvgIpc) is 2.68. The molecular weight excluding hydrogens is 316 g/mol. The van der Waals surface area contributed by atoms with Crippen molar-refractivity contribution in [2.45, 2.75) is 25.3 Å². The van der Waals surface area contributed by atoms with Gasteiger partial charge in [0.25, 0.3) is 0 Å². The Labute approximate surface area is 147 Å². The van der Waals surface area contributed by atoms with Crippen LogP contribution in [0.4, 0.5) is 11.5 Å². The van der Waals surface area contributed by atoms with Gasteiger partial charge in [0, 0.05) is 38.3 Å². The highest BCUT2D eigenvalue weighted by Crippen LogP contribution is 2.35. The van der Waals surface area contributed by atoms with Gasteiger partial charge in [0.1, 0.15) is 0 Å². The molecule has 1 atom stereocenters. The van der Waals surface area contributed by atoms with E-state index in [1.54, 1.807) is 12.3 Å². The monoisotopic (exact) mass is 338 g/mol. The number of aryl methyl sites for hydroxylation is 1. The van der Waals surface area contributed by atoms with E-state index >= 15 is 0 Å². The molecule has 25 heavy (non-hydrogen) atoms. The summed E-state index contributed by atoms with van der Waals surface area (Å²) < 4.78 is 0. The zero-order valence-corrected chi connectivity index (χ0v) is 14.2. The van der Waals surface area contributed by atoms with Gasteiger partial charge in [-0.1, -0.05) is 24.3 Å². The largest absolute Gasteiger partial charge is 0.366 e. The van der Waals surface area contributed by atoms with Crippen molar-refractivity contribution in [3.8, 4) is 0 Å². The third kappa shape index (κ3) is 3.22. The summed E-state index contributed by atoms with van der Waals surface area (Å²) in [5.41, 5.74) is 3.97. The second kappa shape index (κ2) is 6.80. The lowest BCUT2D eigenvalue weighted by Gasteiger charge is -2.42. The molecule has 130 valence electrons. The van der Waals surface area contributed by atoms with Crippen LogP contribution in [0.5, 0.6) is 0 Å². The minimum absolute atomic E-state index is 0.0961. The smallest absolute Gasteiger partial charge is 0.363 e. The van der Waals surface area contributed by atoms with E-state index < -0.39 is 4.92 Å². The summed E-state index contributed by atoms with van der Waals surface area (Å²) in [4.78, 5) is 19.1. The molecule has 6 nitrogen and oxygen atoms in total. The van der Waals surface area contributed by atoms with Crippen LogP contribution in [0.25, 0.3) is 0 Å². The van der Waals surface area contributed by atoms with Gasteiger partial charge in [-0.15, -0.1) is 0 Å². The molecule has 1 aliphatic heterocycles. The molecule has 1 unspecified atom stereocenters. The van der Waals surface area contributed by atoms with Crippen LogP contribution >= 0.6 is 0 Å². The molecule has 0 bridgehead atoms. The number of nitrogens with zero attached hydrogens (tertiary/aromatic N) is 4. The summed E-state index contributed by atoms with van der Waals surface area (Å²) >= 11 is 0. The van der Waals surface area contributed by atoms with Gasteiger partial charge in [0.2, 0.25) is 0 Å². The lowest BCUT2D eigenvalue weighted by Crippen LogP contribution is -2.48. The number of aromatic nitrogens is 1. The molecule has 0 N–H and O–H groups in total. The van der Waals surface area contributed by atoms with Crippen molar-refractivity contribution in [1.82, 2.24) is 9.88 Å². The fourth-order valence-electron chi connectivity index (χ4n) is 4.07. The van der Waals surface area contributed by atoms with Crippen LogP contribution in [0.1, 0.15) is 30.0 Å². The predicted octanol–water partition coefficient (Wildman–Crippen LogP) is 3.19. The summed E-state index contributed by atoms with van der Waals surface area (Å²) in [6, 6.07) is 12.7. The first-order valence-electron chi connectivity index (χ1n) is 8.89. The van der Waals surface area contributed by atoms with E-state index in [4.69, 9.17) is 0 Å². The highest BCUT2D eigenvalue weighted by molar-refractivity contribution is 5.47. The van der Waals surface area contributed by atoms with Crippen molar-refractivity contribution in [2.75, 3.05) is 31.1 Å². The molecular formula is C19H22N4O2. The van der Waals surface area contributed by atoms with Gasteiger partial charge in [-0.3, -0.25) is 4.90 Å². The Kier molecular flexibility index (Phi) is 4.36. The first-order valence-corrected chi connectivity index (χ1v) is 8.89. The molecule has 0 amide bonds. The maximum Gasteiger partial charge on any atom is 0.363 e. The first kappa shape index (κ1) is 16.0. The number of pyridine rings is 1. The van der Waals surface area contributed by atoms with E-state index in [2.05, 4.69) is 39.0 Å². The van der Waals surface area contributed by atoms with Crippen molar-refractivity contribution >= 4 is 11.5 Å². The Hall–Kier alpha value is -2.47. The number of hydrogen-bond acceptors (Lipinski definition) is 5. The minimum atomic E-state index is -0.456. The topological polar surface area (TPSA) is 62.5 Å². The maximum atomic E-state index is 10.7. The fourth-order valence-corrected chi connectivity index (χ4v) is 4.07. The SMILES string of the molecule is O=[N+]([O-])c1ccc(N2CCN(C3CCCc4ccccc43)CC2)cn1. The van der Waals surface area contributed by atoms with Gasteiger partial charge in [0.05, 0.1) is 5.69 Å². The van der Waals surface area contributed by atoms with E-state index in [1.807, 2.05) is 0 Å². The molecule has 1 fully saturated rings. The lowest BCUT2D eigenvalue weighted by atomic mass is 9.86. The first-order chi connectivity index (χ1) is 12.2. The predicted molar refractivity (Wildman–Crippen MR) is 96.8 cm³/mol. The standard InChI is InChI=1S/C19H22N4O2/c24-23(25)19-9-8-16(14-20-19)21-10-12-22(13-11-21)18-7-3-5-15-4-1-2-6-17(15)18/h1-2,4,6,8-9,14,18H,3,5,7,10-13H2. The van der Waals surface area contributed by atoms with Crippen LogP contribution in [-0.2, 0) is 6.42 Å². The summed E-state index contributed by atoms with van der Waals surface area (Å²) in [6.07, 6.45) is 5.30. The Bertz CT molecular complexity index is 754. The molecule has 4 rings (SSSR count). The second-order valence-corrected chi connectivity index (χ2v) is 6.76. The number of piperazine rings is 1. The van der Waals surface area contributed by atoms with Crippen LogP contribution in [0.2, 0.25) is 0 Å².